The summed E-state index contributed by atoms with van der Waals surface area (Å²) < 4.78 is 179. The quantitative estimate of drug-likeness (QED) is 0.0319. The summed E-state index contributed by atoms with van der Waals surface area (Å²) in [6, 6.07) is 0. The molecule has 0 atom stereocenters. The molecule has 0 aliphatic rings. The third kappa shape index (κ3) is 14.4. The summed E-state index contributed by atoms with van der Waals surface area (Å²) in [7, 11) is -2.55. The Kier molecular flexibility index (Phi) is 23.4. The molecule has 47 heavy (non-hydrogen) atoms. The first-order valence-corrected chi connectivity index (χ1v) is 19.5. The molecule has 0 heterocycles. The van der Waals surface area contributed by atoms with Crippen LogP contribution in [0.1, 0.15) is 143 Å². The molecule has 0 radical (unpaired) electrons. The second-order valence-electron chi connectivity index (χ2n) is 12.8. The van der Waals surface area contributed by atoms with Crippen molar-refractivity contribution in [1.29, 1.82) is 0 Å². The fourth-order valence-corrected chi connectivity index (χ4v) is 10.5. The van der Waals surface area contributed by atoms with Gasteiger partial charge >= 0.3 is 35.8 Å². The molecule has 286 valence electrons. The summed E-state index contributed by atoms with van der Waals surface area (Å²) >= 11 is 0. The van der Waals surface area contributed by atoms with Crippen molar-refractivity contribution in [1.82, 2.24) is 0 Å². The van der Waals surface area contributed by atoms with Crippen molar-refractivity contribution in [2.45, 2.75) is 179 Å². The van der Waals surface area contributed by atoms with E-state index in [2.05, 4.69) is 0 Å². The van der Waals surface area contributed by atoms with Crippen LogP contribution in [0.5, 0.6) is 0 Å². The van der Waals surface area contributed by atoms with E-state index in [9.17, 15) is 57.1 Å². The summed E-state index contributed by atoms with van der Waals surface area (Å²) in [5.74, 6) is -36.4. The zero-order valence-electron chi connectivity index (χ0n) is 28.0. The Balaban J connectivity index is 0. The number of rotatable bonds is 28. The van der Waals surface area contributed by atoms with Gasteiger partial charge in [-0.15, -0.1) is 0 Å². The van der Waals surface area contributed by atoms with Gasteiger partial charge in [-0.05, 0) is 38.5 Å². The van der Waals surface area contributed by atoms with Crippen LogP contribution < -0.4 is 24.0 Å². The van der Waals surface area contributed by atoms with E-state index in [4.69, 9.17) is 0 Å². The van der Waals surface area contributed by atoms with Crippen LogP contribution in [0.3, 0.4) is 0 Å². The van der Waals surface area contributed by atoms with Gasteiger partial charge < -0.3 is 24.0 Å². The van der Waals surface area contributed by atoms with Crippen molar-refractivity contribution in [3.05, 3.63) is 0 Å². The predicted octanol–water partition coefficient (Wildman–Crippen LogP) is 11.2. The molecule has 0 saturated heterocycles. The number of hydrogen-bond acceptors (Lipinski definition) is 0. The van der Waals surface area contributed by atoms with Crippen LogP contribution in [0.2, 0.25) is 0 Å². The predicted molar refractivity (Wildman–Crippen MR) is 162 cm³/mol. The number of unbranched alkanes of at least 4 members (excludes halogenated alkanes) is 15. The molecule has 0 unspecified atom stereocenters. The third-order valence-corrected chi connectivity index (χ3v) is 13.8. The molecular formula is C32H55F13IP. The molecule has 0 spiro atoms. The summed E-state index contributed by atoms with van der Waals surface area (Å²) in [6.45, 7) is 6.07. The molecule has 0 aromatic rings. The smallest absolute Gasteiger partial charge is 0.460 e. The average Bonchev–Trinajstić information content (AvgIpc) is 2.96. The summed E-state index contributed by atoms with van der Waals surface area (Å²) in [6.07, 6.45) is 6.36. The molecule has 15 heteroatoms. The Morgan fingerprint density at radius 3 is 0.915 bits per heavy atom. The zero-order valence-corrected chi connectivity index (χ0v) is 31.1. The van der Waals surface area contributed by atoms with Gasteiger partial charge in [-0.1, -0.05) is 97.8 Å². The van der Waals surface area contributed by atoms with Gasteiger partial charge in [-0.2, -0.15) is 57.1 Å². The van der Waals surface area contributed by atoms with Gasteiger partial charge in [-0.3, -0.25) is 0 Å². The van der Waals surface area contributed by atoms with Gasteiger partial charge in [0.25, 0.3) is 0 Å². The minimum absolute atomic E-state index is 0. The van der Waals surface area contributed by atoms with Gasteiger partial charge in [-0.25, -0.2) is 0 Å². The maximum Gasteiger partial charge on any atom is 0.460 e. The van der Waals surface area contributed by atoms with E-state index < -0.39 is 55.6 Å². The van der Waals surface area contributed by atoms with E-state index in [0.717, 1.165) is 96.3 Å². The van der Waals surface area contributed by atoms with Crippen molar-refractivity contribution < 1.29 is 81.1 Å². The number of halogens is 14. The molecule has 0 rings (SSSR count). The molecule has 0 saturated carbocycles. The average molecular weight is 845 g/mol. The molecule has 0 nitrogen and oxygen atoms in total. The molecule has 0 aromatic heterocycles. The van der Waals surface area contributed by atoms with E-state index in [0.29, 0.717) is 37.7 Å². The lowest BCUT2D eigenvalue weighted by Gasteiger charge is -2.40. The van der Waals surface area contributed by atoms with Crippen LogP contribution in [0.25, 0.3) is 0 Å². The molecule has 0 fully saturated rings. The summed E-state index contributed by atoms with van der Waals surface area (Å²) in [5, 5.41) is 0. The highest BCUT2D eigenvalue weighted by molar-refractivity contribution is 7.75. The molecule has 0 aliphatic carbocycles. The highest BCUT2D eigenvalue weighted by Crippen LogP contribution is 2.65. The Labute approximate surface area is 290 Å². The van der Waals surface area contributed by atoms with Gasteiger partial charge in [0.1, 0.15) is 0 Å². The Bertz CT molecular complexity index is 764. The van der Waals surface area contributed by atoms with Crippen LogP contribution in [0.4, 0.5) is 57.1 Å². The van der Waals surface area contributed by atoms with E-state index in [1.54, 1.807) is 0 Å². The van der Waals surface area contributed by atoms with Gasteiger partial charge in [0, 0.05) is 7.26 Å². The van der Waals surface area contributed by atoms with Crippen LogP contribution in [0, 0.1) is 0 Å². The fourth-order valence-electron chi connectivity index (χ4n) is 5.69. The molecule has 0 aliphatic heterocycles. The van der Waals surface area contributed by atoms with E-state index in [1.807, 2.05) is 20.8 Å². The van der Waals surface area contributed by atoms with Crippen molar-refractivity contribution in [3.63, 3.8) is 0 Å². The second kappa shape index (κ2) is 22.2. The summed E-state index contributed by atoms with van der Waals surface area (Å²) in [4.78, 5) is 0. The molecular weight excluding hydrogens is 789 g/mol. The highest BCUT2D eigenvalue weighted by Gasteiger charge is 2.90. The zero-order chi connectivity index (χ0) is 35.8. The Morgan fingerprint density at radius 1 is 0.340 bits per heavy atom. The topological polar surface area (TPSA) is 0 Å². The minimum atomic E-state index is -7.84. The van der Waals surface area contributed by atoms with E-state index in [-0.39, 0.29) is 24.0 Å². The number of hydrogen-bond donors (Lipinski definition) is 0. The van der Waals surface area contributed by atoms with Crippen molar-refractivity contribution in [3.8, 4) is 0 Å². The monoisotopic (exact) mass is 844 g/mol. The first-order valence-electron chi connectivity index (χ1n) is 16.9. The van der Waals surface area contributed by atoms with Gasteiger partial charge in [0.05, 0.1) is 31.1 Å². The third-order valence-electron chi connectivity index (χ3n) is 8.86. The lowest BCUT2D eigenvalue weighted by molar-refractivity contribution is -0.439. The fraction of sp³-hybridized carbons (Fsp3) is 1.00. The normalized spacial score (nSPS) is 14.0. The van der Waals surface area contributed by atoms with E-state index in [1.165, 1.54) is 0 Å². The van der Waals surface area contributed by atoms with Crippen LogP contribution in [-0.2, 0) is 0 Å². The molecule has 0 amide bonds. The molecule has 0 bridgehead atoms. The Morgan fingerprint density at radius 2 is 0.617 bits per heavy atom. The minimum Gasteiger partial charge on any atom is -1.00 e. The van der Waals surface area contributed by atoms with Crippen LogP contribution in [0.15, 0.2) is 0 Å². The highest BCUT2D eigenvalue weighted by atomic mass is 127. The first kappa shape index (κ1) is 49.4. The van der Waals surface area contributed by atoms with Gasteiger partial charge in [0.15, 0.2) is 0 Å². The lowest BCUT2D eigenvalue weighted by Crippen LogP contribution is -3.00. The van der Waals surface area contributed by atoms with Crippen molar-refractivity contribution in [2.24, 2.45) is 0 Å². The largest absolute Gasteiger partial charge is 1.00 e. The van der Waals surface area contributed by atoms with Crippen molar-refractivity contribution >= 4 is 7.26 Å². The second-order valence-corrected chi connectivity index (χ2v) is 17.3. The summed E-state index contributed by atoms with van der Waals surface area (Å²) in [5.41, 5.74) is 0. The first-order chi connectivity index (χ1) is 21.1. The van der Waals surface area contributed by atoms with Crippen LogP contribution >= 0.6 is 7.26 Å². The number of alkyl halides is 13. The maximum absolute atomic E-state index is 15.0. The van der Waals surface area contributed by atoms with Crippen molar-refractivity contribution in [2.75, 3.05) is 24.6 Å². The lowest BCUT2D eigenvalue weighted by atomic mass is 9.93. The Hall–Kier alpha value is 0.250. The molecule has 0 aromatic carbocycles. The standard InChI is InChI=1S/C32H55F13P.HI/c1-4-7-10-13-16-19-23-46(24-20-17-14-11-8-5-2,25-21-18-15-12-9-6-3)26-22-27(33,34)28(35,36)29(37,38)30(39,40)31(41,42)32(43,44)45;/h4-26H2,1-3H3;1H/q+1;/p-1. The maximum atomic E-state index is 15.0. The van der Waals surface area contributed by atoms with Crippen LogP contribution in [-0.4, -0.2) is 60.4 Å². The molecule has 0 N–H and O–H groups in total. The van der Waals surface area contributed by atoms with Gasteiger partial charge in [0.2, 0.25) is 0 Å². The van der Waals surface area contributed by atoms with E-state index >= 15 is 0 Å². The SMILES string of the molecule is CCCCCCCC[P+](CCCCCCCC)(CCCCCCCC)CCC(F)(F)C(F)(F)C(F)(F)C(F)(F)C(F)(F)C(F)(F)F.[I-].